The number of thioether (sulfide) groups is 2. The number of carboxylic acid groups (broad SMARTS) is 1. The van der Waals surface area contributed by atoms with Gasteiger partial charge in [-0.15, -0.1) is 22.0 Å². The Morgan fingerprint density at radius 3 is 2.97 bits per heavy atom. The first-order valence-corrected chi connectivity index (χ1v) is 11.6. The standard InChI is InChI=1S/C16H19N5O5S3/c17-9(4-22)2-1-3-10(23)19-11-13(24)21-12(15(25)26)8(5-27-14(11)21)6-28-16-20-18-7-29-16/h4,7,9,11,14H,1-3,5-6,17H2,(H,19,23)(H,25,26)/t9?,11?,14-/m0/s1. The normalized spacial score (nSPS) is 22.0. The van der Waals surface area contributed by atoms with Crippen molar-refractivity contribution in [2.45, 2.75) is 41.1 Å². The van der Waals surface area contributed by atoms with Crippen LogP contribution in [-0.2, 0) is 19.2 Å². The van der Waals surface area contributed by atoms with Crippen molar-refractivity contribution < 1.29 is 24.3 Å². The van der Waals surface area contributed by atoms with E-state index in [1.54, 1.807) is 5.51 Å². The number of rotatable bonds is 10. The van der Waals surface area contributed by atoms with Gasteiger partial charge in [0.15, 0.2) is 4.34 Å². The van der Waals surface area contributed by atoms with Crippen molar-refractivity contribution in [2.75, 3.05) is 11.5 Å². The number of hydrogen-bond donors (Lipinski definition) is 3. The summed E-state index contributed by atoms with van der Waals surface area (Å²) in [6, 6.07) is -1.35. The van der Waals surface area contributed by atoms with Gasteiger partial charge in [-0.1, -0.05) is 23.1 Å². The molecule has 1 aromatic rings. The first-order chi connectivity index (χ1) is 13.9. The maximum atomic E-state index is 12.6. The fourth-order valence-electron chi connectivity index (χ4n) is 2.98. The number of nitrogens with two attached hydrogens (primary N) is 1. The largest absolute Gasteiger partial charge is 0.477 e. The summed E-state index contributed by atoms with van der Waals surface area (Å²) in [6.07, 6.45) is 1.60. The molecular formula is C16H19N5O5S3. The molecule has 2 amide bonds. The van der Waals surface area contributed by atoms with Gasteiger partial charge in [0.05, 0.1) is 6.04 Å². The number of aromatic nitrogens is 2. The predicted octanol–water partition coefficient (Wildman–Crippen LogP) is 0.0653. The summed E-state index contributed by atoms with van der Waals surface area (Å²) in [5, 5.41) is 19.5. The molecule has 3 atom stereocenters. The van der Waals surface area contributed by atoms with E-state index in [1.165, 1.54) is 39.8 Å². The number of carbonyl (C=O) groups excluding carboxylic acids is 3. The van der Waals surface area contributed by atoms with E-state index < -0.39 is 29.3 Å². The number of fused-ring (bicyclic) bond motifs is 1. The number of aliphatic carboxylic acids is 1. The highest BCUT2D eigenvalue weighted by Crippen LogP contribution is 2.41. The highest BCUT2D eigenvalue weighted by Gasteiger charge is 2.54. The van der Waals surface area contributed by atoms with Crippen LogP contribution >= 0.6 is 34.9 Å². The molecule has 0 aliphatic carbocycles. The monoisotopic (exact) mass is 457 g/mol. The van der Waals surface area contributed by atoms with E-state index in [9.17, 15) is 24.3 Å². The van der Waals surface area contributed by atoms with Crippen LogP contribution in [0.25, 0.3) is 0 Å². The summed E-state index contributed by atoms with van der Waals surface area (Å²) in [7, 11) is 0. The molecule has 1 fully saturated rings. The van der Waals surface area contributed by atoms with Crippen molar-refractivity contribution in [3.8, 4) is 0 Å². The number of aldehydes is 1. The highest BCUT2D eigenvalue weighted by atomic mass is 32.2. The zero-order valence-electron chi connectivity index (χ0n) is 15.1. The summed E-state index contributed by atoms with van der Waals surface area (Å²) in [4.78, 5) is 48.2. The first kappa shape index (κ1) is 21.7. The SMILES string of the molecule is NC(C=O)CCCC(=O)NC1C(=O)N2C(C(=O)O)=C(CSc3nncs3)CS[C@@H]12. The fraction of sp³-hybridized carbons (Fsp3) is 0.500. The van der Waals surface area contributed by atoms with Gasteiger partial charge < -0.3 is 21.0 Å². The third-order valence-corrected chi connectivity index (χ3v) is 7.68. The molecule has 0 bridgehead atoms. The zero-order chi connectivity index (χ0) is 21.0. The molecule has 29 heavy (non-hydrogen) atoms. The minimum absolute atomic E-state index is 0.0155. The third kappa shape index (κ3) is 4.97. The Morgan fingerprint density at radius 1 is 1.52 bits per heavy atom. The number of nitrogens with one attached hydrogen (secondary N) is 1. The molecule has 3 rings (SSSR count). The van der Waals surface area contributed by atoms with Gasteiger partial charge in [0.2, 0.25) is 5.91 Å². The second-order valence-corrected chi connectivity index (χ2v) is 9.56. The van der Waals surface area contributed by atoms with Crippen LogP contribution in [0.5, 0.6) is 0 Å². The van der Waals surface area contributed by atoms with Gasteiger partial charge in [0.25, 0.3) is 5.91 Å². The second-order valence-electron chi connectivity index (χ2n) is 6.40. The Hall–Kier alpha value is -1.96. The lowest BCUT2D eigenvalue weighted by atomic mass is 10.0. The molecule has 0 saturated carbocycles. The summed E-state index contributed by atoms with van der Waals surface area (Å²) < 4.78 is 0.726. The Balaban J connectivity index is 1.60. The maximum absolute atomic E-state index is 12.6. The number of β-lactam (4-membered cyclic amide) rings is 1. The molecule has 4 N–H and O–H groups in total. The van der Waals surface area contributed by atoms with Crippen LogP contribution in [0.2, 0.25) is 0 Å². The Labute approximate surface area is 178 Å². The van der Waals surface area contributed by atoms with E-state index in [0.717, 1.165) is 4.34 Å². The summed E-state index contributed by atoms with van der Waals surface area (Å²) in [5.74, 6) is -1.07. The van der Waals surface area contributed by atoms with E-state index in [4.69, 9.17) is 5.73 Å². The van der Waals surface area contributed by atoms with Gasteiger partial charge >= 0.3 is 5.97 Å². The molecule has 10 nitrogen and oxygen atoms in total. The van der Waals surface area contributed by atoms with Gasteiger partial charge in [-0.25, -0.2) is 4.79 Å². The van der Waals surface area contributed by atoms with Crippen molar-refractivity contribution in [1.82, 2.24) is 20.4 Å². The number of carboxylic acids is 1. The van der Waals surface area contributed by atoms with Gasteiger partial charge in [-0.3, -0.25) is 14.5 Å². The average Bonchev–Trinajstić information content (AvgIpc) is 3.22. The molecule has 0 radical (unpaired) electrons. The number of carbonyl (C=O) groups is 4. The lowest BCUT2D eigenvalue weighted by molar-refractivity contribution is -0.150. The van der Waals surface area contributed by atoms with Crippen LogP contribution in [0.15, 0.2) is 21.1 Å². The van der Waals surface area contributed by atoms with Crippen LogP contribution in [0.1, 0.15) is 19.3 Å². The van der Waals surface area contributed by atoms with Gasteiger partial charge in [0, 0.05) is 17.9 Å². The van der Waals surface area contributed by atoms with Crippen molar-refractivity contribution in [2.24, 2.45) is 5.73 Å². The molecular weight excluding hydrogens is 438 g/mol. The van der Waals surface area contributed by atoms with Gasteiger partial charge in [-0.05, 0) is 18.4 Å². The smallest absolute Gasteiger partial charge is 0.352 e. The minimum Gasteiger partial charge on any atom is -0.477 e. The van der Waals surface area contributed by atoms with Gasteiger partial charge in [0.1, 0.15) is 28.9 Å². The molecule has 1 saturated heterocycles. The van der Waals surface area contributed by atoms with Crippen LogP contribution in [-0.4, -0.2) is 73.2 Å². The number of nitrogens with zero attached hydrogens (tertiary/aromatic N) is 3. The average molecular weight is 458 g/mol. The van der Waals surface area contributed by atoms with Crippen molar-refractivity contribution in [3.05, 3.63) is 16.8 Å². The number of hydrogen-bond acceptors (Lipinski definition) is 10. The molecule has 2 aliphatic heterocycles. The van der Waals surface area contributed by atoms with Gasteiger partial charge in [-0.2, -0.15) is 0 Å². The molecule has 1 aromatic heterocycles. The van der Waals surface area contributed by atoms with Crippen LogP contribution in [0.3, 0.4) is 0 Å². The van der Waals surface area contributed by atoms with Crippen LogP contribution in [0.4, 0.5) is 0 Å². The Bertz CT molecular complexity index is 831. The molecule has 156 valence electrons. The zero-order valence-corrected chi connectivity index (χ0v) is 17.6. The van der Waals surface area contributed by atoms with Crippen molar-refractivity contribution in [1.29, 1.82) is 0 Å². The molecule has 0 spiro atoms. The Morgan fingerprint density at radius 2 is 2.31 bits per heavy atom. The van der Waals surface area contributed by atoms with Crippen LogP contribution in [0, 0.1) is 0 Å². The Kier molecular flexibility index (Phi) is 7.27. The molecule has 3 heterocycles. The molecule has 2 aliphatic rings. The van der Waals surface area contributed by atoms with E-state index in [0.29, 0.717) is 36.2 Å². The van der Waals surface area contributed by atoms with E-state index in [-0.39, 0.29) is 18.0 Å². The topological polar surface area (TPSA) is 156 Å². The van der Waals surface area contributed by atoms with E-state index in [2.05, 4.69) is 15.5 Å². The summed E-state index contributed by atoms with van der Waals surface area (Å²) in [6.45, 7) is 0. The molecule has 13 heteroatoms. The predicted molar refractivity (Wildman–Crippen MR) is 108 cm³/mol. The quantitative estimate of drug-likeness (QED) is 0.249. The van der Waals surface area contributed by atoms with Crippen LogP contribution < -0.4 is 11.1 Å². The minimum atomic E-state index is -1.16. The summed E-state index contributed by atoms with van der Waals surface area (Å²) in [5.41, 5.74) is 7.71. The molecule has 2 unspecified atom stereocenters. The van der Waals surface area contributed by atoms with Crippen molar-refractivity contribution >= 4 is 58.9 Å². The lowest BCUT2D eigenvalue weighted by Crippen LogP contribution is -2.70. The van der Waals surface area contributed by atoms with E-state index in [1.807, 2.05) is 0 Å². The highest BCUT2D eigenvalue weighted by molar-refractivity contribution is 8.01. The molecule has 0 aromatic carbocycles. The maximum Gasteiger partial charge on any atom is 0.352 e. The first-order valence-electron chi connectivity index (χ1n) is 8.71. The van der Waals surface area contributed by atoms with E-state index >= 15 is 0 Å². The fourth-order valence-corrected chi connectivity index (χ4v) is 5.95. The van der Waals surface area contributed by atoms with Crippen molar-refractivity contribution in [3.63, 3.8) is 0 Å². The lowest BCUT2D eigenvalue weighted by Gasteiger charge is -2.49. The second kappa shape index (κ2) is 9.69. The third-order valence-electron chi connectivity index (χ3n) is 4.39. The number of amides is 2. The summed E-state index contributed by atoms with van der Waals surface area (Å²) >= 11 is 4.16.